The van der Waals surface area contributed by atoms with Crippen molar-refractivity contribution in [2.45, 2.75) is 35.5 Å². The van der Waals surface area contributed by atoms with Crippen molar-refractivity contribution in [1.29, 1.82) is 0 Å². The van der Waals surface area contributed by atoms with E-state index < -0.39 is 19.9 Å². The van der Waals surface area contributed by atoms with Gasteiger partial charge in [0.2, 0.25) is 19.9 Å². The van der Waals surface area contributed by atoms with Gasteiger partial charge in [-0.25, -0.2) is 22.0 Å². The molecule has 0 fully saturated rings. The fraction of sp³-hybridized carbons (Fsp3) is 0.200. The number of sulfone groups is 1. The number of rotatable bonds is 3. The first kappa shape index (κ1) is 17.5. The van der Waals surface area contributed by atoms with Crippen LogP contribution >= 0.6 is 0 Å². The van der Waals surface area contributed by atoms with E-state index in [0.29, 0.717) is 22.4 Å². The summed E-state index contributed by atoms with van der Waals surface area (Å²) in [4.78, 5) is -0.235. The molecule has 0 aliphatic carbocycles. The SMILES string of the molecule is Cc1cc(S(=O)(=O)c2cc(S(N)(=O)=O)ccc2C)c(C)cc1N. The van der Waals surface area contributed by atoms with Crippen LogP contribution < -0.4 is 10.9 Å². The Kier molecular flexibility index (Phi) is 4.27. The van der Waals surface area contributed by atoms with Crippen molar-refractivity contribution in [1.82, 2.24) is 0 Å². The number of benzene rings is 2. The predicted octanol–water partition coefficient (Wildman–Crippen LogP) is 1.67. The maximum Gasteiger partial charge on any atom is 0.238 e. The van der Waals surface area contributed by atoms with Crippen molar-refractivity contribution in [3.05, 3.63) is 47.0 Å². The van der Waals surface area contributed by atoms with E-state index >= 15 is 0 Å². The molecule has 4 N–H and O–H groups in total. The summed E-state index contributed by atoms with van der Waals surface area (Å²) >= 11 is 0. The highest BCUT2D eigenvalue weighted by Gasteiger charge is 2.24. The van der Waals surface area contributed by atoms with Crippen LogP contribution in [-0.2, 0) is 19.9 Å². The highest BCUT2D eigenvalue weighted by molar-refractivity contribution is 7.91. The molecule has 0 atom stereocenters. The molecule has 2 aromatic rings. The Bertz CT molecular complexity index is 994. The Balaban J connectivity index is 2.78. The number of sulfonamides is 1. The zero-order valence-electron chi connectivity index (χ0n) is 13.0. The lowest BCUT2D eigenvalue weighted by molar-refractivity contribution is 0.593. The lowest BCUT2D eigenvalue weighted by Crippen LogP contribution is -2.14. The number of primary sulfonamides is 1. The molecule has 0 unspecified atom stereocenters. The first-order chi connectivity index (χ1) is 10.4. The van der Waals surface area contributed by atoms with Gasteiger partial charge in [-0.2, -0.15) is 0 Å². The maximum atomic E-state index is 12.9. The van der Waals surface area contributed by atoms with Gasteiger partial charge < -0.3 is 5.73 Å². The Morgan fingerprint density at radius 2 is 1.35 bits per heavy atom. The number of nitrogen functional groups attached to an aromatic ring is 1. The minimum Gasteiger partial charge on any atom is -0.399 e. The van der Waals surface area contributed by atoms with Crippen LogP contribution in [0.5, 0.6) is 0 Å². The van der Waals surface area contributed by atoms with Crippen LogP contribution in [0.3, 0.4) is 0 Å². The number of hydrogen-bond acceptors (Lipinski definition) is 5. The average molecular weight is 354 g/mol. The summed E-state index contributed by atoms with van der Waals surface area (Å²) in [6.07, 6.45) is 0. The Labute approximate surface area is 136 Å². The van der Waals surface area contributed by atoms with Crippen molar-refractivity contribution in [2.24, 2.45) is 5.14 Å². The van der Waals surface area contributed by atoms with Gasteiger partial charge in [-0.1, -0.05) is 6.07 Å². The Morgan fingerprint density at radius 1 is 0.783 bits per heavy atom. The molecule has 6 nitrogen and oxygen atoms in total. The summed E-state index contributed by atoms with van der Waals surface area (Å²) in [5.74, 6) is 0. The molecule has 124 valence electrons. The number of anilines is 1. The largest absolute Gasteiger partial charge is 0.399 e. The standard InChI is InChI=1S/C15H18N2O4S2/c1-9-4-5-12(23(17,20)21)8-15(9)22(18,19)14-7-10(2)13(16)6-11(14)3/h4-8H,16H2,1-3H3,(H2,17,20,21). The molecule has 0 aliphatic heterocycles. The number of aryl methyl sites for hydroxylation is 3. The second-order valence-electron chi connectivity index (χ2n) is 5.45. The zero-order chi connectivity index (χ0) is 17.6. The van der Waals surface area contributed by atoms with E-state index in [0.717, 1.165) is 6.07 Å². The van der Waals surface area contributed by atoms with Crippen molar-refractivity contribution in [3.8, 4) is 0 Å². The lowest BCUT2D eigenvalue weighted by Gasteiger charge is -2.13. The second kappa shape index (κ2) is 5.63. The zero-order valence-corrected chi connectivity index (χ0v) is 14.6. The normalized spacial score (nSPS) is 12.3. The summed E-state index contributed by atoms with van der Waals surface area (Å²) in [5.41, 5.74) is 7.85. The van der Waals surface area contributed by atoms with Crippen LogP contribution in [0, 0.1) is 20.8 Å². The predicted molar refractivity (Wildman–Crippen MR) is 88.3 cm³/mol. The van der Waals surface area contributed by atoms with E-state index in [9.17, 15) is 16.8 Å². The van der Waals surface area contributed by atoms with Crippen molar-refractivity contribution in [3.63, 3.8) is 0 Å². The van der Waals surface area contributed by atoms with Crippen LogP contribution in [0.15, 0.2) is 45.0 Å². The summed E-state index contributed by atoms with van der Waals surface area (Å²) in [7, 11) is -7.89. The van der Waals surface area contributed by atoms with Crippen LogP contribution in [0.2, 0.25) is 0 Å². The van der Waals surface area contributed by atoms with Gasteiger partial charge in [0, 0.05) is 5.69 Å². The lowest BCUT2D eigenvalue weighted by atomic mass is 10.1. The van der Waals surface area contributed by atoms with Gasteiger partial charge in [0.15, 0.2) is 0 Å². The van der Waals surface area contributed by atoms with Gasteiger partial charge in [-0.3, -0.25) is 0 Å². The minimum absolute atomic E-state index is 0.0868. The van der Waals surface area contributed by atoms with Gasteiger partial charge >= 0.3 is 0 Å². The molecule has 8 heteroatoms. The molecule has 0 spiro atoms. The third-order valence-electron chi connectivity index (χ3n) is 3.63. The molecular formula is C15H18N2O4S2. The Morgan fingerprint density at radius 3 is 1.91 bits per heavy atom. The molecule has 0 saturated heterocycles. The summed E-state index contributed by atoms with van der Waals surface area (Å²) in [5, 5.41) is 5.09. The molecule has 2 rings (SSSR count). The average Bonchev–Trinajstić information content (AvgIpc) is 2.41. The van der Waals surface area contributed by atoms with Gasteiger partial charge in [-0.05, 0) is 61.7 Å². The fourth-order valence-corrected chi connectivity index (χ4v) is 4.71. The van der Waals surface area contributed by atoms with E-state index in [1.165, 1.54) is 18.2 Å². The van der Waals surface area contributed by atoms with Crippen LogP contribution in [0.4, 0.5) is 5.69 Å². The topological polar surface area (TPSA) is 120 Å². The Hall–Kier alpha value is -1.90. The maximum absolute atomic E-state index is 12.9. The molecule has 0 saturated carbocycles. The summed E-state index contributed by atoms with van der Waals surface area (Å²) in [6.45, 7) is 4.95. The van der Waals surface area contributed by atoms with Gasteiger partial charge in [0.1, 0.15) is 0 Å². The van der Waals surface area contributed by atoms with Gasteiger partial charge in [-0.15, -0.1) is 0 Å². The van der Waals surface area contributed by atoms with Crippen LogP contribution in [0.1, 0.15) is 16.7 Å². The smallest absolute Gasteiger partial charge is 0.238 e. The van der Waals surface area contributed by atoms with Gasteiger partial charge in [0.25, 0.3) is 0 Å². The van der Waals surface area contributed by atoms with Gasteiger partial charge in [0.05, 0.1) is 14.7 Å². The monoisotopic (exact) mass is 354 g/mol. The number of hydrogen-bond donors (Lipinski definition) is 2. The third-order valence-corrected chi connectivity index (χ3v) is 6.58. The molecule has 0 heterocycles. The van der Waals surface area contributed by atoms with Crippen LogP contribution in [-0.4, -0.2) is 16.8 Å². The highest BCUT2D eigenvalue weighted by atomic mass is 32.2. The molecule has 0 bridgehead atoms. The summed E-state index contributed by atoms with van der Waals surface area (Å²) < 4.78 is 48.9. The molecular weight excluding hydrogens is 336 g/mol. The quantitative estimate of drug-likeness (QED) is 0.812. The summed E-state index contributed by atoms with van der Waals surface area (Å²) in [6, 6.07) is 6.87. The van der Waals surface area contributed by atoms with E-state index in [2.05, 4.69) is 0 Å². The van der Waals surface area contributed by atoms with E-state index in [1.54, 1.807) is 26.8 Å². The van der Waals surface area contributed by atoms with E-state index in [-0.39, 0.29) is 14.7 Å². The van der Waals surface area contributed by atoms with E-state index in [4.69, 9.17) is 10.9 Å². The second-order valence-corrected chi connectivity index (χ2v) is 8.90. The molecule has 23 heavy (non-hydrogen) atoms. The molecule has 0 radical (unpaired) electrons. The van der Waals surface area contributed by atoms with Crippen molar-refractivity contribution >= 4 is 25.5 Å². The fourth-order valence-electron chi connectivity index (χ4n) is 2.27. The van der Waals surface area contributed by atoms with Crippen LogP contribution in [0.25, 0.3) is 0 Å². The number of nitrogens with two attached hydrogens (primary N) is 2. The molecule has 0 aromatic heterocycles. The minimum atomic E-state index is -3.99. The first-order valence-corrected chi connectivity index (χ1v) is 9.73. The van der Waals surface area contributed by atoms with Crippen molar-refractivity contribution in [2.75, 3.05) is 5.73 Å². The molecule has 2 aromatic carbocycles. The molecule has 0 aliphatic rings. The highest BCUT2D eigenvalue weighted by Crippen LogP contribution is 2.30. The van der Waals surface area contributed by atoms with E-state index in [1.807, 2.05) is 0 Å². The first-order valence-electron chi connectivity index (χ1n) is 6.70. The third kappa shape index (κ3) is 3.24. The van der Waals surface area contributed by atoms with Crippen molar-refractivity contribution < 1.29 is 16.8 Å². The molecule has 0 amide bonds.